The quantitative estimate of drug-likeness (QED) is 0.232. The molecule has 0 aromatic heterocycles. The maximum absolute atomic E-state index is 10.8. The topological polar surface area (TPSA) is 46.5 Å². The lowest BCUT2D eigenvalue weighted by molar-refractivity contribution is -0.149. The van der Waals surface area contributed by atoms with E-state index in [9.17, 15) is 4.79 Å². The van der Waals surface area contributed by atoms with Crippen molar-refractivity contribution in [1.82, 2.24) is 0 Å². The molecule has 3 aromatic rings. The van der Waals surface area contributed by atoms with Crippen molar-refractivity contribution in [2.75, 3.05) is 0 Å². The summed E-state index contributed by atoms with van der Waals surface area (Å²) in [5.74, 6) is -0.0329. The minimum atomic E-state index is -0.407. The Kier molecular flexibility index (Phi) is 13.0. The number of allylic oxidation sites excluding steroid dienone is 2. The van der Waals surface area contributed by atoms with E-state index < -0.39 is 5.60 Å². The molecule has 0 aliphatic carbocycles. The lowest BCUT2D eigenvalue weighted by Gasteiger charge is -2.19. The summed E-state index contributed by atoms with van der Waals surface area (Å²) in [6.07, 6.45) is 9.87. The lowest BCUT2D eigenvalue weighted by atomic mass is 10.2. The van der Waals surface area contributed by atoms with Gasteiger partial charge in [-0.25, -0.2) is 4.79 Å². The predicted molar refractivity (Wildman–Crippen MR) is 150 cm³/mol. The third-order valence-electron chi connectivity index (χ3n) is 4.16. The zero-order valence-electron chi connectivity index (χ0n) is 21.1. The average molecular weight is 469 g/mol. The third kappa shape index (κ3) is 14.6. The molecular formula is C32H36O3. The van der Waals surface area contributed by atoms with Crippen LogP contribution in [0.25, 0.3) is 18.2 Å². The van der Waals surface area contributed by atoms with Gasteiger partial charge in [0, 0.05) is 5.57 Å². The van der Waals surface area contributed by atoms with Crippen molar-refractivity contribution < 1.29 is 14.6 Å². The fourth-order valence-corrected chi connectivity index (χ4v) is 2.44. The largest absolute Gasteiger partial charge is 0.508 e. The Hall–Kier alpha value is -4.11. The van der Waals surface area contributed by atoms with Crippen LogP contribution in [0.5, 0.6) is 5.75 Å². The number of carbonyl (C=O) groups is 1. The highest BCUT2D eigenvalue weighted by atomic mass is 16.6. The molecule has 35 heavy (non-hydrogen) atoms. The lowest BCUT2D eigenvalue weighted by Crippen LogP contribution is -2.23. The molecule has 0 aliphatic heterocycles. The molecule has 182 valence electrons. The molecule has 1 N–H and O–H groups in total. The molecule has 0 saturated heterocycles. The first kappa shape index (κ1) is 28.9. The molecule has 0 radical (unpaired) electrons. The number of esters is 1. The predicted octanol–water partition coefficient (Wildman–Crippen LogP) is 8.35. The van der Waals surface area contributed by atoms with Crippen molar-refractivity contribution in [3.05, 3.63) is 133 Å². The molecule has 0 saturated carbocycles. The molecule has 3 heteroatoms. The molecule has 0 atom stereocenters. The van der Waals surface area contributed by atoms with E-state index in [0.717, 1.165) is 5.56 Å². The van der Waals surface area contributed by atoms with E-state index in [-0.39, 0.29) is 5.97 Å². The number of carbonyl (C=O) groups excluding carboxylic acids is 1. The molecule has 3 rings (SSSR count). The number of rotatable bonds is 5. The zero-order valence-corrected chi connectivity index (χ0v) is 21.1. The molecule has 0 amide bonds. The van der Waals surface area contributed by atoms with Crippen LogP contribution in [0.1, 0.15) is 44.4 Å². The minimum Gasteiger partial charge on any atom is -0.508 e. The molecular weight excluding hydrogens is 432 g/mol. The van der Waals surface area contributed by atoms with Crippen molar-refractivity contribution in [2.45, 2.75) is 33.3 Å². The first-order valence-electron chi connectivity index (χ1n) is 11.4. The fourth-order valence-electron chi connectivity index (χ4n) is 2.44. The van der Waals surface area contributed by atoms with Gasteiger partial charge in [0.15, 0.2) is 0 Å². The SMILES string of the molecule is C=C(C)C(=O)OC(C)(C)C.C=Cc1ccccc1.Oc1ccc(C=CC=Cc2ccccc2)cc1. The Labute approximate surface area is 210 Å². The van der Waals surface area contributed by atoms with Gasteiger partial charge >= 0.3 is 5.97 Å². The summed E-state index contributed by atoms with van der Waals surface area (Å²) in [7, 11) is 0. The van der Waals surface area contributed by atoms with Crippen molar-refractivity contribution in [1.29, 1.82) is 0 Å². The van der Waals surface area contributed by atoms with E-state index >= 15 is 0 Å². The summed E-state index contributed by atoms with van der Waals surface area (Å²) in [4.78, 5) is 10.8. The minimum absolute atomic E-state index is 0.293. The summed E-state index contributed by atoms with van der Waals surface area (Å²) in [5, 5.41) is 9.14. The van der Waals surface area contributed by atoms with Crippen LogP contribution in [0.4, 0.5) is 0 Å². The summed E-state index contributed by atoms with van der Waals surface area (Å²) < 4.78 is 4.96. The van der Waals surface area contributed by atoms with Crippen LogP contribution < -0.4 is 0 Å². The standard InChI is InChI=1S/C16H14O.C8H14O2.C8H8/c17-16-12-10-15(11-13-16)9-5-4-8-14-6-2-1-3-7-14;1-6(2)7(9)10-8(3,4)5;1-2-8-6-4-3-5-7-8/h1-13,17H;1H2,2-5H3;2-7H,1H2. The van der Waals surface area contributed by atoms with Crippen LogP contribution in [0, 0.1) is 0 Å². The Bertz CT molecular complexity index is 1090. The summed E-state index contributed by atoms with van der Waals surface area (Å²) >= 11 is 0. The third-order valence-corrected chi connectivity index (χ3v) is 4.16. The number of hydrogen-bond acceptors (Lipinski definition) is 3. The smallest absolute Gasteiger partial charge is 0.333 e. The van der Waals surface area contributed by atoms with Crippen molar-refractivity contribution in [3.63, 3.8) is 0 Å². The van der Waals surface area contributed by atoms with Crippen LogP contribution in [0.3, 0.4) is 0 Å². The van der Waals surface area contributed by atoms with Gasteiger partial charge in [0.25, 0.3) is 0 Å². The van der Waals surface area contributed by atoms with Gasteiger partial charge in [0.05, 0.1) is 0 Å². The van der Waals surface area contributed by atoms with Gasteiger partial charge in [0.2, 0.25) is 0 Å². The van der Waals surface area contributed by atoms with E-state index in [1.807, 2.05) is 106 Å². The van der Waals surface area contributed by atoms with E-state index in [0.29, 0.717) is 11.3 Å². The maximum atomic E-state index is 10.8. The van der Waals surface area contributed by atoms with Gasteiger partial charge in [-0.15, -0.1) is 0 Å². The first-order valence-corrected chi connectivity index (χ1v) is 11.4. The fraction of sp³-hybridized carbons (Fsp3) is 0.156. The number of phenols is 1. The van der Waals surface area contributed by atoms with E-state index in [1.165, 1.54) is 11.1 Å². The van der Waals surface area contributed by atoms with Crippen molar-refractivity contribution in [2.24, 2.45) is 0 Å². The Balaban J connectivity index is 0.000000290. The van der Waals surface area contributed by atoms with Crippen LogP contribution in [-0.2, 0) is 9.53 Å². The van der Waals surface area contributed by atoms with Gasteiger partial charge in [-0.3, -0.25) is 0 Å². The number of benzene rings is 3. The van der Waals surface area contributed by atoms with Gasteiger partial charge in [-0.2, -0.15) is 0 Å². The van der Waals surface area contributed by atoms with Crippen LogP contribution in [0.15, 0.2) is 116 Å². The molecule has 3 aromatic carbocycles. The number of phenolic OH excluding ortho intramolecular Hbond substituents is 1. The summed E-state index contributed by atoms with van der Waals surface area (Å²) in [6, 6.07) is 27.3. The normalized spacial score (nSPS) is 10.5. The highest BCUT2D eigenvalue weighted by molar-refractivity contribution is 5.87. The first-order chi connectivity index (χ1) is 16.6. The van der Waals surface area contributed by atoms with Gasteiger partial charge in [0.1, 0.15) is 11.4 Å². The van der Waals surface area contributed by atoms with Crippen LogP contribution in [-0.4, -0.2) is 16.7 Å². The van der Waals surface area contributed by atoms with Gasteiger partial charge in [-0.1, -0.05) is 116 Å². The number of hydrogen-bond donors (Lipinski definition) is 1. The molecule has 0 unspecified atom stereocenters. The summed E-state index contributed by atoms with van der Waals surface area (Å²) in [6.45, 7) is 14.2. The van der Waals surface area contributed by atoms with Crippen molar-refractivity contribution in [3.8, 4) is 5.75 Å². The molecule has 0 aliphatic rings. The second-order valence-corrected chi connectivity index (χ2v) is 8.62. The highest BCUT2D eigenvalue weighted by Gasteiger charge is 2.15. The van der Waals surface area contributed by atoms with E-state index in [1.54, 1.807) is 19.1 Å². The zero-order chi connectivity index (χ0) is 26.1. The molecule has 0 spiro atoms. The van der Waals surface area contributed by atoms with Gasteiger partial charge < -0.3 is 9.84 Å². The maximum Gasteiger partial charge on any atom is 0.333 e. The number of ether oxygens (including phenoxy) is 1. The second kappa shape index (κ2) is 15.7. The monoisotopic (exact) mass is 468 g/mol. The molecule has 0 fully saturated rings. The second-order valence-electron chi connectivity index (χ2n) is 8.62. The Morgan fingerprint density at radius 1 is 0.771 bits per heavy atom. The van der Waals surface area contributed by atoms with Gasteiger partial charge in [-0.05, 0) is 56.5 Å². The van der Waals surface area contributed by atoms with Crippen molar-refractivity contribution >= 4 is 24.2 Å². The molecule has 3 nitrogen and oxygen atoms in total. The van der Waals surface area contributed by atoms with E-state index in [4.69, 9.17) is 9.84 Å². The Morgan fingerprint density at radius 2 is 1.20 bits per heavy atom. The Morgan fingerprint density at radius 3 is 1.54 bits per heavy atom. The van der Waals surface area contributed by atoms with Crippen LogP contribution in [0.2, 0.25) is 0 Å². The van der Waals surface area contributed by atoms with E-state index in [2.05, 4.69) is 31.4 Å². The number of aromatic hydroxyl groups is 1. The average Bonchev–Trinajstić information content (AvgIpc) is 2.84. The molecule has 0 bridgehead atoms. The highest BCUT2D eigenvalue weighted by Crippen LogP contribution is 2.11. The molecule has 0 heterocycles. The summed E-state index contributed by atoms with van der Waals surface area (Å²) in [5.41, 5.74) is 3.46. The van der Waals surface area contributed by atoms with Crippen LogP contribution >= 0.6 is 0 Å².